The first kappa shape index (κ1) is 16.5. The number of alkyl halides is 1. The molecule has 0 amide bonds. The topological polar surface area (TPSA) is 40.6 Å². The Kier molecular flexibility index (Phi) is 6.14. The van der Waals surface area contributed by atoms with Crippen molar-refractivity contribution in [3.8, 4) is 0 Å². The van der Waals surface area contributed by atoms with Crippen LogP contribution in [0.4, 0.5) is 0 Å². The second-order valence-corrected chi connectivity index (χ2v) is 8.57. The van der Waals surface area contributed by atoms with Gasteiger partial charge in [0.1, 0.15) is 0 Å². The van der Waals surface area contributed by atoms with Gasteiger partial charge in [-0.25, -0.2) is 12.7 Å². The quantitative estimate of drug-likeness (QED) is 0.745. The summed E-state index contributed by atoms with van der Waals surface area (Å²) in [6.07, 6.45) is 8.44. The fourth-order valence-electron chi connectivity index (χ4n) is 3.46. The molecule has 0 saturated carbocycles. The summed E-state index contributed by atoms with van der Waals surface area (Å²) in [6.45, 7) is 3.49. The predicted molar refractivity (Wildman–Crippen MR) is 83.7 cm³/mol. The van der Waals surface area contributed by atoms with Crippen molar-refractivity contribution in [2.45, 2.75) is 44.6 Å². The first-order valence-electron chi connectivity index (χ1n) is 7.76. The molecular formula is C14H27ClN2O2S. The Balaban J connectivity index is 1.93. The maximum atomic E-state index is 11.7. The third kappa shape index (κ3) is 4.58. The minimum Gasteiger partial charge on any atom is -0.299 e. The minimum absolute atomic E-state index is 0.460. The highest BCUT2D eigenvalue weighted by Crippen LogP contribution is 2.24. The lowest BCUT2D eigenvalue weighted by atomic mass is 9.98. The van der Waals surface area contributed by atoms with Gasteiger partial charge in [-0.05, 0) is 38.1 Å². The van der Waals surface area contributed by atoms with Crippen LogP contribution in [0.5, 0.6) is 0 Å². The van der Waals surface area contributed by atoms with Gasteiger partial charge in [0, 0.05) is 31.6 Å². The minimum atomic E-state index is -3.04. The van der Waals surface area contributed by atoms with Crippen molar-refractivity contribution < 1.29 is 8.42 Å². The SMILES string of the molecule is CS(=O)(=O)N1CCCC(CN2CCCCCC2CCl)C1. The van der Waals surface area contributed by atoms with Crippen LogP contribution in [0.3, 0.4) is 0 Å². The molecular weight excluding hydrogens is 296 g/mol. The molecule has 6 heteroatoms. The van der Waals surface area contributed by atoms with E-state index in [9.17, 15) is 8.42 Å². The van der Waals surface area contributed by atoms with Gasteiger partial charge in [0.2, 0.25) is 10.0 Å². The highest BCUT2D eigenvalue weighted by molar-refractivity contribution is 7.88. The summed E-state index contributed by atoms with van der Waals surface area (Å²) in [5.74, 6) is 1.16. The number of rotatable bonds is 4. The number of hydrogen-bond donors (Lipinski definition) is 0. The number of halogens is 1. The summed E-state index contributed by atoms with van der Waals surface area (Å²) in [4.78, 5) is 2.51. The maximum Gasteiger partial charge on any atom is 0.211 e. The molecule has 0 aromatic heterocycles. The Hall–Kier alpha value is 0.160. The third-order valence-corrected chi connectivity index (χ3v) is 6.25. The second kappa shape index (κ2) is 7.43. The Bertz CT molecular complexity index is 402. The van der Waals surface area contributed by atoms with Crippen LogP contribution in [-0.4, -0.2) is 62.0 Å². The lowest BCUT2D eigenvalue weighted by Crippen LogP contribution is -2.46. The molecule has 118 valence electrons. The molecule has 2 rings (SSSR count). The van der Waals surface area contributed by atoms with Crippen LogP contribution in [-0.2, 0) is 10.0 Å². The van der Waals surface area contributed by atoms with E-state index in [1.54, 1.807) is 4.31 Å². The number of sulfonamides is 1. The zero-order valence-electron chi connectivity index (χ0n) is 12.4. The Morgan fingerprint density at radius 3 is 2.60 bits per heavy atom. The Morgan fingerprint density at radius 2 is 1.90 bits per heavy atom. The summed E-state index contributed by atoms with van der Waals surface area (Å²) < 4.78 is 25.0. The van der Waals surface area contributed by atoms with Gasteiger partial charge < -0.3 is 0 Å². The lowest BCUT2D eigenvalue weighted by molar-refractivity contribution is 0.148. The Labute approximate surface area is 128 Å². The van der Waals surface area contributed by atoms with Crippen molar-refractivity contribution in [2.24, 2.45) is 5.92 Å². The van der Waals surface area contributed by atoms with Crippen LogP contribution in [0.15, 0.2) is 0 Å². The van der Waals surface area contributed by atoms with Crippen LogP contribution >= 0.6 is 11.6 Å². The Morgan fingerprint density at radius 1 is 1.10 bits per heavy atom. The van der Waals surface area contributed by atoms with E-state index >= 15 is 0 Å². The summed E-state index contributed by atoms with van der Waals surface area (Å²) >= 11 is 6.12. The van der Waals surface area contributed by atoms with Crippen molar-refractivity contribution in [1.82, 2.24) is 9.21 Å². The van der Waals surface area contributed by atoms with E-state index in [0.717, 1.165) is 25.9 Å². The van der Waals surface area contributed by atoms with Gasteiger partial charge in [0.25, 0.3) is 0 Å². The first-order valence-corrected chi connectivity index (χ1v) is 10.1. The molecule has 2 aliphatic rings. The number of likely N-dealkylation sites (tertiary alicyclic amines) is 1. The van der Waals surface area contributed by atoms with E-state index < -0.39 is 10.0 Å². The van der Waals surface area contributed by atoms with E-state index in [1.165, 1.54) is 31.9 Å². The van der Waals surface area contributed by atoms with Crippen LogP contribution in [0, 0.1) is 5.92 Å². The molecule has 0 radical (unpaired) electrons. The fourth-order valence-corrected chi connectivity index (χ4v) is 4.75. The largest absolute Gasteiger partial charge is 0.299 e. The normalized spacial score (nSPS) is 31.1. The van der Waals surface area contributed by atoms with Gasteiger partial charge in [0.15, 0.2) is 0 Å². The molecule has 2 saturated heterocycles. The number of hydrogen-bond acceptors (Lipinski definition) is 3. The summed E-state index contributed by atoms with van der Waals surface area (Å²) in [7, 11) is -3.04. The van der Waals surface area contributed by atoms with Gasteiger partial charge in [-0.1, -0.05) is 12.8 Å². The molecule has 2 fully saturated rings. The molecule has 0 aromatic rings. The molecule has 0 spiro atoms. The fraction of sp³-hybridized carbons (Fsp3) is 1.00. The molecule has 2 unspecified atom stereocenters. The second-order valence-electron chi connectivity index (χ2n) is 6.28. The van der Waals surface area contributed by atoms with Gasteiger partial charge in [-0.2, -0.15) is 0 Å². The van der Waals surface area contributed by atoms with Crippen molar-refractivity contribution in [2.75, 3.05) is 38.3 Å². The molecule has 0 aliphatic carbocycles. The standard InChI is InChI=1S/C14H27ClN2O2S/c1-20(18,19)17-9-5-6-13(12-17)11-16-8-4-2-3-7-14(16)10-15/h13-14H,2-12H2,1H3. The molecule has 4 nitrogen and oxygen atoms in total. The average Bonchev–Trinajstić information content (AvgIpc) is 2.63. The zero-order valence-corrected chi connectivity index (χ0v) is 14.0. The van der Waals surface area contributed by atoms with E-state index in [-0.39, 0.29) is 0 Å². The molecule has 20 heavy (non-hydrogen) atoms. The van der Waals surface area contributed by atoms with E-state index in [2.05, 4.69) is 4.90 Å². The highest BCUT2D eigenvalue weighted by Gasteiger charge is 2.29. The highest BCUT2D eigenvalue weighted by atomic mass is 35.5. The zero-order chi connectivity index (χ0) is 14.6. The van der Waals surface area contributed by atoms with Gasteiger partial charge in [-0.3, -0.25) is 4.90 Å². The van der Waals surface area contributed by atoms with E-state index in [4.69, 9.17) is 11.6 Å². The van der Waals surface area contributed by atoms with E-state index in [1.807, 2.05) is 0 Å². The number of nitrogens with zero attached hydrogens (tertiary/aromatic N) is 2. The third-order valence-electron chi connectivity index (χ3n) is 4.62. The molecule has 2 aliphatic heterocycles. The van der Waals surface area contributed by atoms with Gasteiger partial charge in [-0.15, -0.1) is 11.6 Å². The molecule has 2 atom stereocenters. The molecule has 2 heterocycles. The monoisotopic (exact) mass is 322 g/mol. The molecule has 0 N–H and O–H groups in total. The molecule has 0 bridgehead atoms. The smallest absolute Gasteiger partial charge is 0.211 e. The van der Waals surface area contributed by atoms with Crippen molar-refractivity contribution in [3.63, 3.8) is 0 Å². The lowest BCUT2D eigenvalue weighted by Gasteiger charge is -2.36. The van der Waals surface area contributed by atoms with Crippen molar-refractivity contribution in [1.29, 1.82) is 0 Å². The average molecular weight is 323 g/mol. The first-order chi connectivity index (χ1) is 9.50. The maximum absolute atomic E-state index is 11.7. The van der Waals surface area contributed by atoms with Crippen LogP contribution in [0.2, 0.25) is 0 Å². The van der Waals surface area contributed by atoms with E-state index in [0.29, 0.717) is 30.9 Å². The van der Waals surface area contributed by atoms with Crippen molar-refractivity contribution in [3.05, 3.63) is 0 Å². The van der Waals surface area contributed by atoms with Gasteiger partial charge in [0.05, 0.1) is 6.26 Å². The van der Waals surface area contributed by atoms with Gasteiger partial charge >= 0.3 is 0 Å². The van der Waals surface area contributed by atoms with Crippen LogP contribution < -0.4 is 0 Å². The molecule has 0 aromatic carbocycles. The summed E-state index contributed by atoms with van der Waals surface area (Å²) in [6, 6.07) is 0.479. The number of piperidine rings is 1. The predicted octanol–water partition coefficient (Wildman–Crippen LogP) is 2.14. The van der Waals surface area contributed by atoms with Crippen molar-refractivity contribution >= 4 is 21.6 Å². The summed E-state index contributed by atoms with van der Waals surface area (Å²) in [5, 5.41) is 0. The van der Waals surface area contributed by atoms with Crippen LogP contribution in [0.1, 0.15) is 38.5 Å². The summed E-state index contributed by atoms with van der Waals surface area (Å²) in [5.41, 5.74) is 0. The van der Waals surface area contributed by atoms with Crippen LogP contribution in [0.25, 0.3) is 0 Å².